The largest absolute Gasteiger partial charge is 0.313 e. The van der Waals surface area contributed by atoms with Gasteiger partial charge in [0.1, 0.15) is 0 Å². The normalized spacial score (nSPS) is 13.0. The molecule has 0 fully saturated rings. The summed E-state index contributed by atoms with van der Waals surface area (Å²) in [6.45, 7) is 4.26. The molecule has 0 aliphatic carbocycles. The van der Waals surface area contributed by atoms with Crippen molar-refractivity contribution < 1.29 is 0 Å². The van der Waals surface area contributed by atoms with Crippen molar-refractivity contribution >= 4 is 15.9 Å². The van der Waals surface area contributed by atoms with Crippen molar-refractivity contribution in [3.05, 3.63) is 33.8 Å². The van der Waals surface area contributed by atoms with E-state index in [0.717, 1.165) is 0 Å². The topological polar surface area (TPSA) is 12.0 Å². The third kappa shape index (κ3) is 1.87. The second kappa shape index (κ2) is 4.06. The zero-order valence-corrected chi connectivity index (χ0v) is 9.27. The molecule has 0 aromatic heterocycles. The van der Waals surface area contributed by atoms with Crippen LogP contribution in [-0.4, -0.2) is 7.05 Å². The smallest absolute Gasteiger partial charge is 0.0300 e. The van der Waals surface area contributed by atoms with Gasteiger partial charge in [0, 0.05) is 10.5 Å². The average Bonchev–Trinajstić information content (AvgIpc) is 2.08. The van der Waals surface area contributed by atoms with E-state index in [-0.39, 0.29) is 0 Å². The van der Waals surface area contributed by atoms with Gasteiger partial charge >= 0.3 is 0 Å². The fourth-order valence-corrected chi connectivity index (χ4v) is 1.77. The molecule has 0 bridgehead atoms. The van der Waals surface area contributed by atoms with Gasteiger partial charge in [-0.15, -0.1) is 0 Å². The van der Waals surface area contributed by atoms with Crippen molar-refractivity contribution in [2.45, 2.75) is 19.9 Å². The Morgan fingerprint density at radius 3 is 2.67 bits per heavy atom. The lowest BCUT2D eigenvalue weighted by molar-refractivity contribution is 0.649. The van der Waals surface area contributed by atoms with Crippen LogP contribution < -0.4 is 5.32 Å². The highest BCUT2D eigenvalue weighted by Crippen LogP contribution is 2.25. The minimum absolute atomic E-state index is 0.402. The molecule has 66 valence electrons. The predicted molar refractivity (Wildman–Crippen MR) is 56.4 cm³/mol. The lowest BCUT2D eigenvalue weighted by Gasteiger charge is -2.13. The summed E-state index contributed by atoms with van der Waals surface area (Å²) >= 11 is 3.58. The maximum Gasteiger partial charge on any atom is 0.0300 e. The Labute approximate surface area is 82.3 Å². The van der Waals surface area contributed by atoms with Crippen molar-refractivity contribution in [3.63, 3.8) is 0 Å². The molecule has 2 heteroatoms. The Morgan fingerprint density at radius 1 is 1.42 bits per heavy atom. The van der Waals surface area contributed by atoms with Gasteiger partial charge in [-0.3, -0.25) is 0 Å². The molecule has 0 aliphatic rings. The molecule has 0 spiro atoms. The Kier molecular flexibility index (Phi) is 3.29. The third-order valence-electron chi connectivity index (χ3n) is 2.12. The number of nitrogens with one attached hydrogen (secondary N) is 1. The molecule has 0 aliphatic heterocycles. The number of hydrogen-bond acceptors (Lipinski definition) is 1. The van der Waals surface area contributed by atoms with E-state index < -0.39 is 0 Å². The van der Waals surface area contributed by atoms with Crippen LogP contribution in [0, 0.1) is 6.92 Å². The first-order valence-corrected chi connectivity index (χ1v) is 4.88. The molecule has 0 amide bonds. The first-order chi connectivity index (χ1) is 5.66. The maximum atomic E-state index is 3.58. The van der Waals surface area contributed by atoms with Crippen molar-refractivity contribution in [2.75, 3.05) is 7.05 Å². The number of rotatable bonds is 2. The molecule has 0 saturated heterocycles. The number of aryl methyl sites for hydroxylation is 1. The lowest BCUT2D eigenvalue weighted by Crippen LogP contribution is -2.12. The minimum atomic E-state index is 0.402. The molecule has 1 nitrogen and oxygen atoms in total. The minimum Gasteiger partial charge on any atom is -0.313 e. The van der Waals surface area contributed by atoms with Gasteiger partial charge in [0.25, 0.3) is 0 Å². The van der Waals surface area contributed by atoms with E-state index in [1.54, 1.807) is 0 Å². The molecule has 1 aromatic carbocycles. The van der Waals surface area contributed by atoms with Gasteiger partial charge in [0.05, 0.1) is 0 Å². The second-order valence-electron chi connectivity index (χ2n) is 2.99. The number of benzene rings is 1. The first kappa shape index (κ1) is 9.75. The number of halogens is 1. The van der Waals surface area contributed by atoms with Gasteiger partial charge in [-0.1, -0.05) is 34.1 Å². The first-order valence-electron chi connectivity index (χ1n) is 4.09. The predicted octanol–water partition coefficient (Wildman–Crippen LogP) is 3.04. The Morgan fingerprint density at radius 2 is 2.08 bits per heavy atom. The van der Waals surface area contributed by atoms with E-state index >= 15 is 0 Å². The third-order valence-corrected chi connectivity index (χ3v) is 3.20. The summed E-state index contributed by atoms with van der Waals surface area (Å²) in [6.07, 6.45) is 0. The van der Waals surface area contributed by atoms with E-state index in [0.29, 0.717) is 6.04 Å². The van der Waals surface area contributed by atoms with E-state index in [4.69, 9.17) is 0 Å². The van der Waals surface area contributed by atoms with Gasteiger partial charge in [-0.25, -0.2) is 0 Å². The molecule has 1 rings (SSSR count). The molecule has 0 radical (unpaired) electrons. The molecule has 1 aromatic rings. The maximum absolute atomic E-state index is 3.58. The fraction of sp³-hybridized carbons (Fsp3) is 0.400. The van der Waals surface area contributed by atoms with Crippen LogP contribution in [0.3, 0.4) is 0 Å². The van der Waals surface area contributed by atoms with Gasteiger partial charge in [-0.2, -0.15) is 0 Å². The summed E-state index contributed by atoms with van der Waals surface area (Å²) in [5.74, 6) is 0. The molecule has 0 saturated carbocycles. The molecular formula is C10H14BrN. The van der Waals surface area contributed by atoms with Crippen LogP contribution in [0.25, 0.3) is 0 Å². The second-order valence-corrected chi connectivity index (χ2v) is 3.78. The van der Waals surface area contributed by atoms with Crippen LogP contribution in [-0.2, 0) is 0 Å². The van der Waals surface area contributed by atoms with Crippen molar-refractivity contribution in [1.29, 1.82) is 0 Å². The van der Waals surface area contributed by atoms with Gasteiger partial charge < -0.3 is 5.32 Å². The monoisotopic (exact) mass is 227 g/mol. The van der Waals surface area contributed by atoms with Gasteiger partial charge in [0.15, 0.2) is 0 Å². The summed E-state index contributed by atoms with van der Waals surface area (Å²) in [4.78, 5) is 0. The summed E-state index contributed by atoms with van der Waals surface area (Å²) in [5, 5.41) is 3.22. The molecule has 12 heavy (non-hydrogen) atoms. The van der Waals surface area contributed by atoms with Crippen molar-refractivity contribution in [3.8, 4) is 0 Å². The molecule has 1 atom stereocenters. The van der Waals surface area contributed by atoms with E-state index in [2.05, 4.69) is 53.3 Å². The Balaban J connectivity index is 3.07. The van der Waals surface area contributed by atoms with Gasteiger partial charge in [-0.05, 0) is 32.0 Å². The summed E-state index contributed by atoms with van der Waals surface area (Å²) in [6, 6.07) is 6.73. The van der Waals surface area contributed by atoms with Crippen molar-refractivity contribution in [1.82, 2.24) is 5.32 Å². The SMILES string of the molecule is CN[C@@H](C)c1cccc(C)c1Br. The lowest BCUT2D eigenvalue weighted by atomic mass is 10.1. The van der Waals surface area contributed by atoms with Crippen LogP contribution in [0.5, 0.6) is 0 Å². The average molecular weight is 228 g/mol. The van der Waals surface area contributed by atoms with Crippen LogP contribution >= 0.6 is 15.9 Å². The van der Waals surface area contributed by atoms with Crippen LogP contribution in [0.15, 0.2) is 22.7 Å². The van der Waals surface area contributed by atoms with E-state index in [1.807, 2.05) is 7.05 Å². The van der Waals surface area contributed by atoms with Crippen LogP contribution in [0.2, 0.25) is 0 Å². The zero-order valence-electron chi connectivity index (χ0n) is 7.69. The van der Waals surface area contributed by atoms with E-state index in [9.17, 15) is 0 Å². The molecule has 0 unspecified atom stereocenters. The highest BCUT2D eigenvalue weighted by Gasteiger charge is 2.07. The van der Waals surface area contributed by atoms with Gasteiger partial charge in [0.2, 0.25) is 0 Å². The quantitative estimate of drug-likeness (QED) is 0.820. The molecular weight excluding hydrogens is 214 g/mol. The van der Waals surface area contributed by atoms with Crippen molar-refractivity contribution in [2.24, 2.45) is 0 Å². The zero-order chi connectivity index (χ0) is 9.14. The summed E-state index contributed by atoms with van der Waals surface area (Å²) in [5.41, 5.74) is 2.60. The summed E-state index contributed by atoms with van der Waals surface area (Å²) in [7, 11) is 1.97. The van der Waals surface area contributed by atoms with Crippen LogP contribution in [0.1, 0.15) is 24.1 Å². The summed E-state index contributed by atoms with van der Waals surface area (Å²) < 4.78 is 1.21. The highest BCUT2D eigenvalue weighted by atomic mass is 79.9. The Bertz CT molecular complexity index is 271. The Hall–Kier alpha value is -0.340. The van der Waals surface area contributed by atoms with E-state index in [1.165, 1.54) is 15.6 Å². The standard InChI is InChI=1S/C10H14BrN/c1-7-5-4-6-9(10(7)11)8(2)12-3/h4-6,8,12H,1-3H3/t8-/m0/s1. The molecule has 0 heterocycles. The van der Waals surface area contributed by atoms with Crippen LogP contribution in [0.4, 0.5) is 0 Å². The highest BCUT2D eigenvalue weighted by molar-refractivity contribution is 9.10. The fourth-order valence-electron chi connectivity index (χ4n) is 1.16. The molecule has 1 N–H and O–H groups in total. The number of hydrogen-bond donors (Lipinski definition) is 1.